The average molecular weight is 263 g/mol. The second kappa shape index (κ2) is 5.14. The Morgan fingerprint density at radius 1 is 1.16 bits per heavy atom. The molecule has 3 nitrogen and oxygen atoms in total. The number of aromatic nitrogens is 1. The molecule has 98 valence electrons. The Kier molecular flexibility index (Phi) is 3.55. The van der Waals surface area contributed by atoms with Gasteiger partial charge in [-0.15, -0.1) is 0 Å². The molecule has 0 unspecified atom stereocenters. The van der Waals surface area contributed by atoms with Gasteiger partial charge in [-0.05, 0) is 18.6 Å². The second-order valence-corrected chi connectivity index (χ2v) is 4.26. The van der Waals surface area contributed by atoms with Crippen LogP contribution in [0.15, 0.2) is 36.7 Å². The number of anilines is 1. The Labute approximate surface area is 109 Å². The van der Waals surface area contributed by atoms with Gasteiger partial charge in [0.25, 0.3) is 5.91 Å². The highest BCUT2D eigenvalue weighted by atomic mass is 19.1. The lowest BCUT2D eigenvalue weighted by atomic mass is 10.2. The maximum atomic E-state index is 13.7. The highest BCUT2D eigenvalue weighted by molar-refractivity contribution is 6.04. The van der Waals surface area contributed by atoms with Gasteiger partial charge in [-0.3, -0.25) is 4.79 Å². The molecular weight excluding hydrogens is 250 g/mol. The van der Waals surface area contributed by atoms with Crippen LogP contribution in [0.3, 0.4) is 0 Å². The van der Waals surface area contributed by atoms with Crippen LogP contribution in [0.25, 0.3) is 0 Å². The van der Waals surface area contributed by atoms with E-state index >= 15 is 0 Å². The van der Waals surface area contributed by atoms with E-state index in [0.29, 0.717) is 5.56 Å². The van der Waals surface area contributed by atoms with Crippen molar-refractivity contribution in [2.45, 2.75) is 6.92 Å². The molecule has 0 atom stereocenters. The van der Waals surface area contributed by atoms with E-state index in [2.05, 4.69) is 5.32 Å². The summed E-state index contributed by atoms with van der Waals surface area (Å²) in [7, 11) is 1.81. The number of pyridine rings is 1. The van der Waals surface area contributed by atoms with Crippen LogP contribution in [0.1, 0.15) is 15.9 Å². The molecule has 0 fully saturated rings. The van der Waals surface area contributed by atoms with Gasteiger partial charge < -0.3 is 5.32 Å². The summed E-state index contributed by atoms with van der Waals surface area (Å²) in [5.41, 5.74) is 0.188. The summed E-state index contributed by atoms with van der Waals surface area (Å²) in [6.45, 7) is 1.51. The molecule has 2 aromatic rings. The predicted molar refractivity (Wildman–Crippen MR) is 66.7 cm³/mol. The Morgan fingerprint density at radius 3 is 2.42 bits per heavy atom. The van der Waals surface area contributed by atoms with Gasteiger partial charge in [-0.25, -0.2) is 13.3 Å². The Bertz CT molecular complexity index is 624. The van der Waals surface area contributed by atoms with Gasteiger partial charge in [0, 0.05) is 12.1 Å². The van der Waals surface area contributed by atoms with E-state index in [-0.39, 0.29) is 5.56 Å². The molecule has 1 aromatic heterocycles. The van der Waals surface area contributed by atoms with Crippen molar-refractivity contribution in [3.63, 3.8) is 0 Å². The fraction of sp³-hybridized carbons (Fsp3) is 0.143. The topological polar surface area (TPSA) is 33.0 Å². The van der Waals surface area contributed by atoms with E-state index in [1.807, 2.05) is 7.05 Å². The number of aryl methyl sites for hydroxylation is 2. The van der Waals surface area contributed by atoms with Crippen molar-refractivity contribution in [1.29, 1.82) is 0 Å². The zero-order valence-electron chi connectivity index (χ0n) is 10.6. The summed E-state index contributed by atoms with van der Waals surface area (Å²) < 4.78 is 29.0. The van der Waals surface area contributed by atoms with E-state index in [9.17, 15) is 13.6 Å². The number of benzene rings is 1. The minimum atomic E-state index is -0.794. The third kappa shape index (κ3) is 2.76. The largest absolute Gasteiger partial charge is 0.317 e. The van der Waals surface area contributed by atoms with Crippen LogP contribution in [0.5, 0.6) is 0 Å². The Balaban J connectivity index is 2.29. The van der Waals surface area contributed by atoms with Crippen molar-refractivity contribution in [2.75, 3.05) is 5.32 Å². The fourth-order valence-electron chi connectivity index (χ4n) is 1.61. The van der Waals surface area contributed by atoms with Crippen LogP contribution in [-0.2, 0) is 7.05 Å². The number of nitrogens with one attached hydrogen (secondary N) is 1. The van der Waals surface area contributed by atoms with Crippen LogP contribution < -0.4 is 9.88 Å². The minimum absolute atomic E-state index is 0.274. The Morgan fingerprint density at radius 2 is 1.79 bits per heavy atom. The zero-order valence-corrected chi connectivity index (χ0v) is 10.6. The van der Waals surface area contributed by atoms with Gasteiger partial charge in [0.2, 0.25) is 0 Å². The van der Waals surface area contributed by atoms with Crippen molar-refractivity contribution in [2.24, 2.45) is 7.05 Å². The molecule has 1 N–H and O–H groups in total. The first kappa shape index (κ1) is 13.1. The van der Waals surface area contributed by atoms with Gasteiger partial charge in [0.15, 0.2) is 18.2 Å². The lowest BCUT2D eigenvalue weighted by molar-refractivity contribution is -0.671. The number of carbonyl (C=O) groups is 1. The monoisotopic (exact) mass is 263 g/mol. The molecule has 0 aliphatic rings. The number of hydrogen-bond donors (Lipinski definition) is 1. The third-order valence-electron chi connectivity index (χ3n) is 2.76. The molecule has 1 aromatic carbocycles. The molecule has 1 amide bonds. The highest BCUT2D eigenvalue weighted by Crippen LogP contribution is 2.22. The molecule has 5 heteroatoms. The quantitative estimate of drug-likeness (QED) is 0.829. The number of halogens is 2. The molecule has 0 radical (unpaired) electrons. The van der Waals surface area contributed by atoms with Gasteiger partial charge in [-0.1, -0.05) is 6.07 Å². The van der Waals surface area contributed by atoms with Gasteiger partial charge in [0.1, 0.15) is 18.6 Å². The molecule has 1 heterocycles. The SMILES string of the molecule is Cc1ccc(F)c(NC(=O)c2cc[n+](C)cc2)c1F. The average Bonchev–Trinajstić information content (AvgIpc) is 2.40. The van der Waals surface area contributed by atoms with Crippen LogP contribution >= 0.6 is 0 Å². The zero-order chi connectivity index (χ0) is 14.0. The van der Waals surface area contributed by atoms with E-state index in [0.717, 1.165) is 6.07 Å². The summed E-state index contributed by atoms with van der Waals surface area (Å²) in [5, 5.41) is 2.26. The lowest BCUT2D eigenvalue weighted by Gasteiger charge is -2.08. The first-order valence-electron chi connectivity index (χ1n) is 5.70. The molecule has 0 saturated heterocycles. The summed E-state index contributed by atoms with van der Waals surface area (Å²) in [4.78, 5) is 11.9. The number of amides is 1. The Hall–Kier alpha value is -2.30. The van der Waals surface area contributed by atoms with Crippen LogP contribution in [0, 0.1) is 18.6 Å². The highest BCUT2D eigenvalue weighted by Gasteiger charge is 2.15. The van der Waals surface area contributed by atoms with Crippen molar-refractivity contribution in [1.82, 2.24) is 0 Å². The normalized spacial score (nSPS) is 10.3. The molecule has 0 bridgehead atoms. The first-order chi connectivity index (χ1) is 8.99. The molecule has 0 aliphatic heterocycles. The summed E-state index contributed by atoms with van der Waals surface area (Å²) in [6.07, 6.45) is 3.36. The summed E-state index contributed by atoms with van der Waals surface area (Å²) >= 11 is 0. The maximum Gasteiger partial charge on any atom is 0.256 e. The maximum absolute atomic E-state index is 13.7. The molecule has 0 spiro atoms. The first-order valence-corrected chi connectivity index (χ1v) is 5.70. The fourth-order valence-corrected chi connectivity index (χ4v) is 1.61. The van der Waals surface area contributed by atoms with E-state index in [1.54, 1.807) is 29.1 Å². The molecule has 19 heavy (non-hydrogen) atoms. The molecule has 2 rings (SSSR count). The minimum Gasteiger partial charge on any atom is -0.317 e. The molecular formula is C14H13F2N2O+. The third-order valence-corrected chi connectivity index (χ3v) is 2.76. The standard InChI is InChI=1S/C14H12F2N2O/c1-9-3-4-11(15)13(12(9)16)17-14(19)10-5-7-18(2)8-6-10/h3-8H,1-2H3/p+1. The van der Waals surface area contributed by atoms with Crippen molar-refractivity contribution in [3.05, 3.63) is 59.4 Å². The van der Waals surface area contributed by atoms with Crippen LogP contribution in [0.2, 0.25) is 0 Å². The van der Waals surface area contributed by atoms with Gasteiger partial charge >= 0.3 is 0 Å². The number of nitrogens with zero attached hydrogens (tertiary/aromatic N) is 1. The van der Waals surface area contributed by atoms with Gasteiger partial charge in [0.05, 0.1) is 5.56 Å². The van der Waals surface area contributed by atoms with Gasteiger partial charge in [-0.2, -0.15) is 0 Å². The van der Waals surface area contributed by atoms with E-state index in [1.165, 1.54) is 13.0 Å². The van der Waals surface area contributed by atoms with Crippen molar-refractivity contribution >= 4 is 11.6 Å². The van der Waals surface area contributed by atoms with Crippen LogP contribution in [0.4, 0.5) is 14.5 Å². The number of hydrogen-bond acceptors (Lipinski definition) is 1. The lowest BCUT2D eigenvalue weighted by Crippen LogP contribution is -2.27. The van der Waals surface area contributed by atoms with Crippen molar-refractivity contribution < 1.29 is 18.1 Å². The smallest absolute Gasteiger partial charge is 0.256 e. The van der Waals surface area contributed by atoms with E-state index in [4.69, 9.17) is 0 Å². The predicted octanol–water partition coefficient (Wildman–Crippen LogP) is 2.35. The molecule has 0 saturated carbocycles. The van der Waals surface area contributed by atoms with Crippen LogP contribution in [-0.4, -0.2) is 5.91 Å². The molecule has 0 aliphatic carbocycles. The second-order valence-electron chi connectivity index (χ2n) is 4.26. The summed E-state index contributed by atoms with van der Waals surface area (Å²) in [6, 6.07) is 5.59. The van der Waals surface area contributed by atoms with E-state index < -0.39 is 23.2 Å². The summed E-state index contributed by atoms with van der Waals surface area (Å²) in [5.74, 6) is -2.10. The number of rotatable bonds is 2. The van der Waals surface area contributed by atoms with Crippen molar-refractivity contribution in [3.8, 4) is 0 Å². The number of carbonyl (C=O) groups excluding carboxylic acids is 1.